The predicted molar refractivity (Wildman–Crippen MR) is 227 cm³/mol. The lowest BCUT2D eigenvalue weighted by atomic mass is 9.74. The maximum atomic E-state index is 13.7. The van der Waals surface area contributed by atoms with E-state index in [-0.39, 0.29) is 69.7 Å². The van der Waals surface area contributed by atoms with Gasteiger partial charge in [-0.1, -0.05) is 62.9 Å². The van der Waals surface area contributed by atoms with Gasteiger partial charge in [-0.2, -0.15) is 4.99 Å². The average Bonchev–Trinajstić information content (AvgIpc) is 3.48. The van der Waals surface area contributed by atoms with Gasteiger partial charge in [0.2, 0.25) is 12.3 Å². The van der Waals surface area contributed by atoms with Crippen molar-refractivity contribution in [2.75, 3.05) is 33.0 Å². The van der Waals surface area contributed by atoms with Gasteiger partial charge >= 0.3 is 17.9 Å². The molecule has 0 saturated carbocycles. The quantitative estimate of drug-likeness (QED) is 0.0140. The first-order chi connectivity index (χ1) is 29.5. The van der Waals surface area contributed by atoms with Crippen LogP contribution in [0, 0.1) is 43.4 Å². The highest BCUT2D eigenvalue weighted by atomic mass is 32.2. The number of amidine groups is 1. The Morgan fingerprint density at radius 1 is 0.887 bits per heavy atom. The van der Waals surface area contributed by atoms with E-state index in [9.17, 15) is 39.4 Å². The van der Waals surface area contributed by atoms with Crippen molar-refractivity contribution in [2.24, 2.45) is 22.7 Å². The largest absolute Gasteiger partial charge is 0.488 e. The van der Waals surface area contributed by atoms with Gasteiger partial charge in [0.05, 0.1) is 59.3 Å². The van der Waals surface area contributed by atoms with Crippen molar-refractivity contribution >= 4 is 69.3 Å². The number of carbonyl (C=O) groups is 4. The number of benzene rings is 4. The van der Waals surface area contributed by atoms with Crippen molar-refractivity contribution < 1.29 is 52.8 Å². The highest BCUT2D eigenvalue weighted by Crippen LogP contribution is 2.49. The van der Waals surface area contributed by atoms with Crippen molar-refractivity contribution in [1.29, 1.82) is 5.41 Å². The zero-order valence-corrected chi connectivity index (χ0v) is 35.2. The monoisotopic (exact) mass is 867 g/mol. The normalized spacial score (nSPS) is 17.2. The van der Waals surface area contributed by atoms with Crippen LogP contribution in [0.2, 0.25) is 0 Å². The Morgan fingerprint density at radius 3 is 2.10 bits per heavy atom. The summed E-state index contributed by atoms with van der Waals surface area (Å²) in [6.45, 7) is 7.01. The number of hydrogen-bond acceptors (Lipinski definition) is 14. The summed E-state index contributed by atoms with van der Waals surface area (Å²) in [5.74, 6) is -2.69. The van der Waals surface area contributed by atoms with Crippen molar-refractivity contribution in [1.82, 2.24) is 4.90 Å². The molecule has 4 aromatic rings. The molecule has 1 N–H and O–H groups in total. The fraction of sp³-hybridized carbons (Fsp3) is 0.302. The molecule has 1 saturated heterocycles. The van der Waals surface area contributed by atoms with E-state index in [1.165, 1.54) is 40.9 Å². The molecule has 2 aliphatic rings. The molecular formula is C43H43N6O12S+. The van der Waals surface area contributed by atoms with Gasteiger partial charge in [-0.25, -0.2) is 19.3 Å². The first kappa shape index (κ1) is 44.6. The van der Waals surface area contributed by atoms with E-state index in [0.29, 0.717) is 34.6 Å². The molecule has 3 atom stereocenters. The van der Waals surface area contributed by atoms with Crippen LogP contribution in [0.1, 0.15) is 47.1 Å². The minimum absolute atomic E-state index is 0.000860. The Kier molecular flexibility index (Phi) is 13.5. The molecule has 2 heterocycles. The zero-order valence-electron chi connectivity index (χ0n) is 34.3. The third-order valence-electron chi connectivity index (χ3n) is 10.7. The Balaban J connectivity index is 1.09. The number of quaternary nitrogens is 1. The van der Waals surface area contributed by atoms with Gasteiger partial charge in [-0.15, -0.1) is 0 Å². The lowest BCUT2D eigenvalue weighted by Gasteiger charge is -2.47. The van der Waals surface area contributed by atoms with Crippen LogP contribution in [0.3, 0.4) is 0 Å². The van der Waals surface area contributed by atoms with Crippen LogP contribution in [0.15, 0.2) is 101 Å². The van der Waals surface area contributed by atoms with E-state index < -0.39 is 27.8 Å². The fourth-order valence-corrected chi connectivity index (χ4v) is 8.45. The third-order valence-corrected chi connectivity index (χ3v) is 11.5. The van der Waals surface area contributed by atoms with E-state index in [2.05, 4.69) is 24.0 Å². The van der Waals surface area contributed by atoms with Gasteiger partial charge in [0.25, 0.3) is 11.4 Å². The number of thioether (sulfide) groups is 1. The number of amides is 1. The average molecular weight is 868 g/mol. The maximum Gasteiger partial charge on any atom is 0.386 e. The number of ether oxygens (including phenoxy) is 2. The number of β-lactam (4-membered cyclic amide) rings is 1. The molecule has 19 heteroatoms. The minimum Gasteiger partial charge on any atom is -0.488 e. The molecule has 4 aromatic carbocycles. The first-order valence-electron chi connectivity index (χ1n) is 19.4. The topological polar surface area (TPSA) is 231 Å². The molecule has 18 nitrogen and oxygen atoms in total. The summed E-state index contributed by atoms with van der Waals surface area (Å²) in [4.78, 5) is 87.5. The van der Waals surface area contributed by atoms with Gasteiger partial charge in [0.15, 0.2) is 5.17 Å². The van der Waals surface area contributed by atoms with Gasteiger partial charge in [-0.3, -0.25) is 35.3 Å². The molecule has 0 aromatic heterocycles. The number of nitro groups is 2. The van der Waals surface area contributed by atoms with E-state index >= 15 is 0 Å². The summed E-state index contributed by atoms with van der Waals surface area (Å²) in [7, 11) is 4.12. The number of rotatable bonds is 16. The molecular weight excluding hydrogens is 825 g/mol. The number of esters is 2. The summed E-state index contributed by atoms with van der Waals surface area (Å²) in [5.41, 5.74) is 1.09. The van der Waals surface area contributed by atoms with Crippen LogP contribution < -0.4 is 4.74 Å². The predicted octanol–water partition coefficient (Wildman–Crippen LogP) is 6.87. The Labute approximate surface area is 359 Å². The Hall–Kier alpha value is -6.99. The van der Waals surface area contributed by atoms with Crippen LogP contribution in [0.25, 0.3) is 10.8 Å². The number of nitro benzene ring substituents is 2. The van der Waals surface area contributed by atoms with Crippen molar-refractivity contribution in [3.05, 3.63) is 133 Å². The number of nitrogens with one attached hydrogen (secondary N) is 1. The molecule has 2 aliphatic heterocycles. The molecule has 0 spiro atoms. The van der Waals surface area contributed by atoms with E-state index in [4.69, 9.17) is 19.8 Å². The Morgan fingerprint density at radius 2 is 1.48 bits per heavy atom. The molecule has 1 amide bonds. The summed E-state index contributed by atoms with van der Waals surface area (Å²) in [6.07, 6.45) is 0.820. The van der Waals surface area contributed by atoms with Crippen LogP contribution in [-0.2, 0) is 30.6 Å². The number of fused-ring (bicyclic) bond motifs is 2. The zero-order chi connectivity index (χ0) is 44.9. The number of nitrogens with zero attached hydrogens (tertiary/aromatic N) is 5. The van der Waals surface area contributed by atoms with Crippen LogP contribution in [0.4, 0.5) is 11.4 Å². The lowest BCUT2D eigenvalue weighted by molar-refractivity contribution is -0.901. The summed E-state index contributed by atoms with van der Waals surface area (Å²) in [5, 5.41) is 31.7. The minimum atomic E-state index is -1.01. The van der Waals surface area contributed by atoms with E-state index in [1.807, 2.05) is 57.2 Å². The number of non-ortho nitro benzene ring substituents is 2. The molecule has 0 bridgehead atoms. The van der Waals surface area contributed by atoms with E-state index in [1.54, 1.807) is 0 Å². The number of aliphatic imine (C=N–C) groups is 1. The molecule has 0 radical (unpaired) electrons. The maximum absolute atomic E-state index is 13.7. The molecule has 62 heavy (non-hydrogen) atoms. The molecule has 1 fully saturated rings. The van der Waals surface area contributed by atoms with Gasteiger partial charge in [-0.05, 0) is 41.6 Å². The summed E-state index contributed by atoms with van der Waals surface area (Å²) >= 11 is 1.17. The highest BCUT2D eigenvalue weighted by Gasteiger charge is 2.59. The number of carbonyl (C=O) groups excluding carboxylic acids is 4. The van der Waals surface area contributed by atoms with Crippen molar-refractivity contribution in [2.45, 2.75) is 33.4 Å². The number of hydrogen-bond donors (Lipinski definition) is 1. The van der Waals surface area contributed by atoms with Crippen LogP contribution in [-0.4, -0.2) is 93.7 Å². The standard InChI is InChI=1S/C43H43N6O12S/c1-25(2)36-37-26(3)34(38(46(37)39(36)50)42(53)60-40(51)27-12-16-30(17-13-27)47(54)55)23-58-35-11-7-9-32-29(8-6-10-33(32)35)22-49(4,5)20-21-62-43(44)45-24-59-61-41(52)28-14-18-31(19-15-28)48(56)57/h6-19,24-26,36-37,44H,20-23H2,1-5H3/q+1/b44-43?,45-24+/t26-,36+,37+/m0/s1. The van der Waals surface area contributed by atoms with Gasteiger partial charge < -0.3 is 18.9 Å². The lowest BCUT2D eigenvalue weighted by Crippen LogP contribution is -2.62. The Bertz CT molecular complexity index is 2500. The second-order valence-electron chi connectivity index (χ2n) is 15.6. The SMILES string of the molecule is CC(C)[C@H]1C(=O)N2C(C(=O)OC(=O)c3ccc([N+](=O)[O-])cc3)=C(COc3cccc4c(C[N+](C)(C)CCSC(=N)/N=C/OOC(=O)c5ccc([N+](=O)[O-])cc5)cccc34)[C@H](C)[C@H]12. The molecule has 0 aliphatic carbocycles. The second kappa shape index (κ2) is 18.7. The summed E-state index contributed by atoms with van der Waals surface area (Å²) < 4.78 is 12.3. The van der Waals surface area contributed by atoms with Crippen LogP contribution in [0.5, 0.6) is 5.75 Å². The molecule has 6 rings (SSSR count). The van der Waals surface area contributed by atoms with Gasteiger partial charge in [0.1, 0.15) is 24.6 Å². The highest BCUT2D eigenvalue weighted by molar-refractivity contribution is 8.13. The van der Waals surface area contributed by atoms with Gasteiger partial charge in [0, 0.05) is 46.7 Å². The first-order valence-corrected chi connectivity index (χ1v) is 20.3. The fourth-order valence-electron chi connectivity index (χ4n) is 7.56. The van der Waals surface area contributed by atoms with Crippen molar-refractivity contribution in [3.63, 3.8) is 0 Å². The molecule has 322 valence electrons. The second-order valence-corrected chi connectivity index (χ2v) is 16.7. The molecule has 0 unspecified atom stereocenters. The van der Waals surface area contributed by atoms with Crippen LogP contribution >= 0.6 is 11.8 Å². The van der Waals surface area contributed by atoms with Crippen molar-refractivity contribution in [3.8, 4) is 5.75 Å². The van der Waals surface area contributed by atoms with E-state index in [0.717, 1.165) is 47.0 Å². The third kappa shape index (κ3) is 9.79. The summed E-state index contributed by atoms with van der Waals surface area (Å²) in [6, 6.07) is 20.7. The smallest absolute Gasteiger partial charge is 0.386 e.